The molecule has 6 nitrogen and oxygen atoms in total. The Bertz CT molecular complexity index is 849. The Morgan fingerprint density at radius 2 is 1.88 bits per heavy atom. The molecule has 1 amide bonds. The topological polar surface area (TPSA) is 72.7 Å². The lowest BCUT2D eigenvalue weighted by molar-refractivity contribution is 0.0927. The van der Waals surface area contributed by atoms with Crippen LogP contribution in [0.1, 0.15) is 42.5 Å². The number of aromatic nitrogens is 4. The second-order valence-electron chi connectivity index (χ2n) is 6.20. The molecule has 1 N–H and O–H groups in total. The van der Waals surface area contributed by atoms with Gasteiger partial charge in [-0.2, -0.15) is 4.68 Å². The van der Waals surface area contributed by atoms with Crippen LogP contribution in [0.5, 0.6) is 0 Å². The zero-order chi connectivity index (χ0) is 16.4. The number of fused-ring (bicyclic) bond motifs is 1. The maximum absolute atomic E-state index is 12.4. The van der Waals surface area contributed by atoms with Crippen LogP contribution >= 0.6 is 0 Å². The highest BCUT2D eigenvalue weighted by Gasteiger charge is 2.16. The van der Waals surface area contributed by atoms with Crippen molar-refractivity contribution in [1.29, 1.82) is 0 Å². The molecule has 3 aromatic rings. The van der Waals surface area contributed by atoms with Gasteiger partial charge in [-0.1, -0.05) is 24.5 Å². The van der Waals surface area contributed by atoms with Gasteiger partial charge in [0.1, 0.15) is 5.52 Å². The van der Waals surface area contributed by atoms with Gasteiger partial charge >= 0.3 is 0 Å². The van der Waals surface area contributed by atoms with Crippen LogP contribution in [0.25, 0.3) is 16.9 Å². The minimum absolute atomic E-state index is 0.00461. The van der Waals surface area contributed by atoms with Crippen molar-refractivity contribution in [2.24, 2.45) is 0 Å². The molecule has 0 atom stereocenters. The SMILES string of the molecule is O=C(NC1CCCCC1)c1ccc(-n2nnc3cccnc32)cc1. The number of nitrogens with one attached hydrogen (secondary N) is 1. The summed E-state index contributed by atoms with van der Waals surface area (Å²) in [6, 6.07) is 11.4. The van der Waals surface area contributed by atoms with Crippen molar-refractivity contribution in [3.8, 4) is 5.69 Å². The van der Waals surface area contributed by atoms with E-state index in [2.05, 4.69) is 20.6 Å². The van der Waals surface area contributed by atoms with E-state index in [1.165, 1.54) is 19.3 Å². The number of nitrogens with zero attached hydrogens (tertiary/aromatic N) is 4. The lowest BCUT2D eigenvalue weighted by Crippen LogP contribution is -2.36. The van der Waals surface area contributed by atoms with E-state index >= 15 is 0 Å². The highest BCUT2D eigenvalue weighted by Crippen LogP contribution is 2.18. The van der Waals surface area contributed by atoms with E-state index in [4.69, 9.17) is 0 Å². The zero-order valence-corrected chi connectivity index (χ0v) is 13.4. The molecule has 2 aromatic heterocycles. The summed E-state index contributed by atoms with van der Waals surface area (Å²) in [4.78, 5) is 16.7. The molecule has 0 bridgehead atoms. The summed E-state index contributed by atoms with van der Waals surface area (Å²) < 4.78 is 1.68. The second kappa shape index (κ2) is 6.39. The molecule has 0 aliphatic heterocycles. The van der Waals surface area contributed by atoms with Gasteiger partial charge in [-0.25, -0.2) is 4.98 Å². The Kier molecular flexibility index (Phi) is 3.94. The minimum atomic E-state index is -0.00461. The fraction of sp³-hybridized carbons (Fsp3) is 0.333. The van der Waals surface area contributed by atoms with Gasteiger partial charge in [0.05, 0.1) is 5.69 Å². The molecule has 0 spiro atoms. The number of hydrogen-bond acceptors (Lipinski definition) is 4. The van der Waals surface area contributed by atoms with E-state index in [0.717, 1.165) is 24.0 Å². The molecule has 0 unspecified atom stereocenters. The highest BCUT2D eigenvalue weighted by atomic mass is 16.1. The minimum Gasteiger partial charge on any atom is -0.349 e. The van der Waals surface area contributed by atoms with Crippen molar-refractivity contribution in [3.63, 3.8) is 0 Å². The number of amides is 1. The van der Waals surface area contributed by atoms with Gasteiger partial charge in [0.2, 0.25) is 0 Å². The summed E-state index contributed by atoms with van der Waals surface area (Å²) in [7, 11) is 0. The molecule has 122 valence electrons. The summed E-state index contributed by atoms with van der Waals surface area (Å²) in [6.07, 6.45) is 7.57. The van der Waals surface area contributed by atoms with E-state index < -0.39 is 0 Å². The first-order valence-corrected chi connectivity index (χ1v) is 8.39. The van der Waals surface area contributed by atoms with Crippen molar-refractivity contribution >= 4 is 17.1 Å². The molecule has 1 aliphatic rings. The summed E-state index contributed by atoms with van der Waals surface area (Å²) in [5, 5.41) is 11.4. The maximum atomic E-state index is 12.4. The predicted molar refractivity (Wildman–Crippen MR) is 91.0 cm³/mol. The normalized spacial score (nSPS) is 15.5. The van der Waals surface area contributed by atoms with Crippen molar-refractivity contribution < 1.29 is 4.79 Å². The Hall–Kier alpha value is -2.76. The van der Waals surface area contributed by atoms with Crippen LogP contribution in [0.4, 0.5) is 0 Å². The van der Waals surface area contributed by atoms with Gasteiger partial charge in [0.15, 0.2) is 5.65 Å². The number of rotatable bonds is 3. The monoisotopic (exact) mass is 321 g/mol. The third-order valence-corrected chi connectivity index (χ3v) is 4.52. The molecule has 24 heavy (non-hydrogen) atoms. The Morgan fingerprint density at radius 3 is 2.67 bits per heavy atom. The third kappa shape index (κ3) is 2.87. The molecule has 1 saturated carbocycles. The van der Waals surface area contributed by atoms with E-state index in [9.17, 15) is 4.79 Å². The van der Waals surface area contributed by atoms with Crippen LogP contribution in [0.2, 0.25) is 0 Å². The van der Waals surface area contributed by atoms with Crippen LogP contribution in [0.15, 0.2) is 42.6 Å². The Balaban J connectivity index is 1.53. The second-order valence-corrected chi connectivity index (χ2v) is 6.20. The van der Waals surface area contributed by atoms with Crippen LogP contribution in [-0.2, 0) is 0 Å². The highest BCUT2D eigenvalue weighted by molar-refractivity contribution is 5.94. The standard InChI is InChI=1S/C18H19N5O/c24-18(20-14-5-2-1-3-6-14)13-8-10-15(11-9-13)23-17-16(21-22-23)7-4-12-19-17/h4,7-12,14H,1-3,5-6H2,(H,20,24). The lowest BCUT2D eigenvalue weighted by Gasteiger charge is -2.22. The van der Waals surface area contributed by atoms with E-state index in [0.29, 0.717) is 17.3 Å². The maximum Gasteiger partial charge on any atom is 0.251 e. The summed E-state index contributed by atoms with van der Waals surface area (Å²) in [5.74, 6) is -0.00461. The molecular weight excluding hydrogens is 302 g/mol. The smallest absolute Gasteiger partial charge is 0.251 e. The summed E-state index contributed by atoms with van der Waals surface area (Å²) >= 11 is 0. The molecule has 1 aliphatic carbocycles. The molecule has 0 saturated heterocycles. The lowest BCUT2D eigenvalue weighted by atomic mass is 9.95. The van der Waals surface area contributed by atoms with Crippen LogP contribution in [0, 0.1) is 0 Å². The van der Waals surface area contributed by atoms with Gasteiger partial charge in [-0.3, -0.25) is 4.79 Å². The largest absolute Gasteiger partial charge is 0.349 e. The molecule has 1 fully saturated rings. The van der Waals surface area contributed by atoms with Crippen molar-refractivity contribution in [3.05, 3.63) is 48.2 Å². The quantitative estimate of drug-likeness (QED) is 0.805. The fourth-order valence-electron chi connectivity index (χ4n) is 3.21. The van der Waals surface area contributed by atoms with E-state index in [1.807, 2.05) is 36.4 Å². The molecule has 6 heteroatoms. The Morgan fingerprint density at radius 1 is 1.08 bits per heavy atom. The fourth-order valence-corrected chi connectivity index (χ4v) is 3.21. The van der Waals surface area contributed by atoms with Gasteiger partial charge in [0, 0.05) is 17.8 Å². The Labute approximate surface area is 139 Å². The van der Waals surface area contributed by atoms with Crippen LogP contribution < -0.4 is 5.32 Å². The first-order valence-electron chi connectivity index (χ1n) is 8.39. The predicted octanol–water partition coefficient (Wildman–Crippen LogP) is 2.88. The molecule has 2 heterocycles. The molecule has 0 radical (unpaired) electrons. The number of carbonyl (C=O) groups is 1. The molecule has 4 rings (SSSR count). The van der Waals surface area contributed by atoms with Gasteiger partial charge in [-0.05, 0) is 49.2 Å². The van der Waals surface area contributed by atoms with Crippen molar-refractivity contribution in [2.45, 2.75) is 38.1 Å². The van der Waals surface area contributed by atoms with Crippen LogP contribution in [-0.4, -0.2) is 31.9 Å². The van der Waals surface area contributed by atoms with Crippen LogP contribution in [0.3, 0.4) is 0 Å². The summed E-state index contributed by atoms with van der Waals surface area (Å²) in [5.41, 5.74) is 2.96. The van der Waals surface area contributed by atoms with E-state index in [1.54, 1.807) is 10.9 Å². The first kappa shape index (κ1) is 14.8. The number of pyridine rings is 1. The zero-order valence-electron chi connectivity index (χ0n) is 13.4. The number of hydrogen-bond donors (Lipinski definition) is 1. The van der Waals surface area contributed by atoms with Crippen molar-refractivity contribution in [1.82, 2.24) is 25.3 Å². The third-order valence-electron chi connectivity index (χ3n) is 4.52. The summed E-state index contributed by atoms with van der Waals surface area (Å²) in [6.45, 7) is 0. The number of carbonyl (C=O) groups excluding carboxylic acids is 1. The van der Waals surface area contributed by atoms with Gasteiger partial charge in [0.25, 0.3) is 5.91 Å². The first-order chi connectivity index (χ1) is 11.8. The van der Waals surface area contributed by atoms with E-state index in [-0.39, 0.29) is 5.91 Å². The number of benzene rings is 1. The van der Waals surface area contributed by atoms with Crippen molar-refractivity contribution in [2.75, 3.05) is 0 Å². The molecular formula is C18H19N5O. The average Bonchev–Trinajstić information content (AvgIpc) is 3.07. The average molecular weight is 321 g/mol. The van der Waals surface area contributed by atoms with Gasteiger partial charge < -0.3 is 5.32 Å². The van der Waals surface area contributed by atoms with Gasteiger partial charge in [-0.15, -0.1) is 5.10 Å². The molecule has 1 aromatic carbocycles.